The van der Waals surface area contributed by atoms with Gasteiger partial charge in [-0.1, -0.05) is 72.3 Å². The van der Waals surface area contributed by atoms with Gasteiger partial charge in [0.1, 0.15) is 5.70 Å². The molecule has 0 radical (unpaired) electrons. The van der Waals surface area contributed by atoms with E-state index in [0.29, 0.717) is 22.0 Å². The monoisotopic (exact) mass is 555 g/mol. The molecule has 0 atom stereocenters. The van der Waals surface area contributed by atoms with E-state index in [1.165, 1.54) is 11.8 Å². The molecule has 0 aliphatic rings. The van der Waals surface area contributed by atoms with E-state index >= 15 is 0 Å². The van der Waals surface area contributed by atoms with Gasteiger partial charge in [0.2, 0.25) is 5.91 Å². The van der Waals surface area contributed by atoms with Gasteiger partial charge < -0.3 is 16.0 Å². The summed E-state index contributed by atoms with van der Waals surface area (Å²) in [6, 6.07) is 30.5. The summed E-state index contributed by atoms with van der Waals surface area (Å²) in [7, 11) is 0. The standard InChI is InChI=1S/C31H26ClN3O3S/c1-21-15-16-24(32)18-27(21)34-29(36)20-39-26-14-8-13-25(19-26)33-31(38)28(17-22-9-4-2-5-10-22)35-30(37)23-11-6-3-7-12-23/h2-19H,20H2,1H3,(H,33,38)(H,34,36)(H,35,37)/b28-17-. The number of anilines is 2. The van der Waals surface area contributed by atoms with Gasteiger partial charge in [-0.15, -0.1) is 11.8 Å². The second kappa shape index (κ2) is 13.5. The van der Waals surface area contributed by atoms with Gasteiger partial charge in [0.05, 0.1) is 5.75 Å². The summed E-state index contributed by atoms with van der Waals surface area (Å²) < 4.78 is 0. The number of nitrogens with one attached hydrogen (secondary N) is 3. The van der Waals surface area contributed by atoms with Gasteiger partial charge in [0.15, 0.2) is 0 Å². The zero-order valence-corrected chi connectivity index (χ0v) is 22.7. The molecule has 4 aromatic rings. The van der Waals surface area contributed by atoms with E-state index < -0.39 is 11.8 Å². The van der Waals surface area contributed by atoms with Crippen molar-refractivity contribution in [2.45, 2.75) is 11.8 Å². The van der Waals surface area contributed by atoms with Crippen LogP contribution in [0.15, 0.2) is 114 Å². The number of amides is 3. The molecule has 0 aliphatic heterocycles. The molecule has 0 unspecified atom stereocenters. The molecule has 0 saturated heterocycles. The highest BCUT2D eigenvalue weighted by atomic mass is 35.5. The first-order valence-electron chi connectivity index (χ1n) is 12.1. The maximum absolute atomic E-state index is 13.2. The van der Waals surface area contributed by atoms with Crippen LogP contribution in [0.25, 0.3) is 6.08 Å². The Labute approximate surface area is 236 Å². The molecule has 6 nitrogen and oxygen atoms in total. The zero-order valence-electron chi connectivity index (χ0n) is 21.1. The Kier molecular flexibility index (Phi) is 9.56. The second-order valence-corrected chi connectivity index (χ2v) is 10.1. The van der Waals surface area contributed by atoms with Crippen molar-refractivity contribution in [3.8, 4) is 0 Å². The SMILES string of the molecule is Cc1ccc(Cl)cc1NC(=O)CSc1cccc(NC(=O)/C(=C/c2ccccc2)NC(=O)c2ccccc2)c1. The Balaban J connectivity index is 1.43. The minimum absolute atomic E-state index is 0.101. The first-order chi connectivity index (χ1) is 18.9. The second-order valence-electron chi connectivity index (χ2n) is 8.57. The maximum Gasteiger partial charge on any atom is 0.272 e. The van der Waals surface area contributed by atoms with Gasteiger partial charge in [-0.05, 0) is 66.6 Å². The third kappa shape index (κ3) is 8.33. The first-order valence-corrected chi connectivity index (χ1v) is 13.5. The fourth-order valence-electron chi connectivity index (χ4n) is 3.58. The highest BCUT2D eigenvalue weighted by molar-refractivity contribution is 8.00. The number of benzene rings is 4. The summed E-state index contributed by atoms with van der Waals surface area (Å²) in [5.41, 5.74) is 3.43. The van der Waals surface area contributed by atoms with Crippen LogP contribution in [0.4, 0.5) is 11.4 Å². The topological polar surface area (TPSA) is 87.3 Å². The molecular weight excluding hydrogens is 530 g/mol. The normalized spacial score (nSPS) is 11.0. The maximum atomic E-state index is 13.2. The molecule has 0 aromatic heterocycles. The van der Waals surface area contributed by atoms with Crippen LogP contribution in [0, 0.1) is 6.92 Å². The van der Waals surface area contributed by atoms with Crippen LogP contribution in [0.5, 0.6) is 0 Å². The molecule has 0 saturated carbocycles. The number of thioether (sulfide) groups is 1. The lowest BCUT2D eigenvalue weighted by Gasteiger charge is -2.12. The molecule has 0 fully saturated rings. The van der Waals surface area contributed by atoms with Crippen LogP contribution >= 0.6 is 23.4 Å². The summed E-state index contributed by atoms with van der Waals surface area (Å²) in [6.07, 6.45) is 1.62. The van der Waals surface area contributed by atoms with Crippen LogP contribution < -0.4 is 16.0 Å². The minimum Gasteiger partial charge on any atom is -0.325 e. The third-order valence-electron chi connectivity index (χ3n) is 5.57. The minimum atomic E-state index is -0.473. The van der Waals surface area contributed by atoms with Gasteiger partial charge in [0, 0.05) is 26.9 Å². The number of aryl methyl sites for hydroxylation is 1. The highest BCUT2D eigenvalue weighted by Gasteiger charge is 2.15. The average Bonchev–Trinajstić information content (AvgIpc) is 2.95. The molecule has 8 heteroatoms. The van der Waals surface area contributed by atoms with Crippen molar-refractivity contribution in [3.63, 3.8) is 0 Å². The fraction of sp³-hybridized carbons (Fsp3) is 0.0645. The predicted octanol–water partition coefficient (Wildman–Crippen LogP) is 6.79. The lowest BCUT2D eigenvalue weighted by atomic mass is 10.1. The molecule has 196 valence electrons. The largest absolute Gasteiger partial charge is 0.325 e. The van der Waals surface area contributed by atoms with Crippen molar-refractivity contribution in [2.75, 3.05) is 16.4 Å². The van der Waals surface area contributed by atoms with Gasteiger partial charge >= 0.3 is 0 Å². The van der Waals surface area contributed by atoms with Crippen LogP contribution in [-0.4, -0.2) is 23.5 Å². The molecule has 0 spiro atoms. The summed E-state index contributed by atoms with van der Waals surface area (Å²) in [6.45, 7) is 1.90. The highest BCUT2D eigenvalue weighted by Crippen LogP contribution is 2.24. The van der Waals surface area contributed by atoms with E-state index in [2.05, 4.69) is 16.0 Å². The third-order valence-corrected chi connectivity index (χ3v) is 6.80. The zero-order chi connectivity index (χ0) is 27.6. The Morgan fingerprint density at radius 3 is 2.28 bits per heavy atom. The Morgan fingerprint density at radius 1 is 0.821 bits per heavy atom. The van der Waals surface area contributed by atoms with Crippen molar-refractivity contribution in [2.24, 2.45) is 0 Å². The summed E-state index contributed by atoms with van der Waals surface area (Å²) in [5, 5.41) is 9.01. The van der Waals surface area contributed by atoms with E-state index in [-0.39, 0.29) is 17.4 Å². The van der Waals surface area contributed by atoms with Gasteiger partial charge in [-0.25, -0.2) is 0 Å². The van der Waals surface area contributed by atoms with Crippen molar-refractivity contribution in [1.82, 2.24) is 5.32 Å². The molecule has 4 aromatic carbocycles. The van der Waals surface area contributed by atoms with Crippen LogP contribution in [0.2, 0.25) is 5.02 Å². The van der Waals surface area contributed by atoms with E-state index in [1.807, 2.05) is 55.5 Å². The quantitative estimate of drug-likeness (QED) is 0.157. The van der Waals surface area contributed by atoms with Gasteiger partial charge in [-0.2, -0.15) is 0 Å². The molecule has 3 N–H and O–H groups in total. The molecule has 0 heterocycles. The number of rotatable bonds is 9. The molecule has 0 bridgehead atoms. The smallest absolute Gasteiger partial charge is 0.272 e. The van der Waals surface area contributed by atoms with Crippen LogP contribution in [-0.2, 0) is 9.59 Å². The Hall–Kier alpha value is -4.33. The number of hydrogen-bond donors (Lipinski definition) is 3. The summed E-state index contributed by atoms with van der Waals surface area (Å²) in [5.74, 6) is -0.857. The van der Waals surface area contributed by atoms with Crippen molar-refractivity contribution >= 4 is 58.5 Å². The molecular formula is C31H26ClN3O3S. The van der Waals surface area contributed by atoms with Crippen LogP contribution in [0.3, 0.4) is 0 Å². The molecule has 4 rings (SSSR count). The van der Waals surface area contributed by atoms with E-state index in [4.69, 9.17) is 11.6 Å². The van der Waals surface area contributed by atoms with Gasteiger partial charge in [-0.3, -0.25) is 14.4 Å². The number of hydrogen-bond acceptors (Lipinski definition) is 4. The average molecular weight is 556 g/mol. The predicted molar refractivity (Wildman–Crippen MR) is 159 cm³/mol. The molecule has 0 aliphatic carbocycles. The lowest BCUT2D eigenvalue weighted by Crippen LogP contribution is -2.30. The number of carbonyl (C=O) groups is 3. The van der Waals surface area contributed by atoms with E-state index in [9.17, 15) is 14.4 Å². The number of carbonyl (C=O) groups excluding carboxylic acids is 3. The summed E-state index contributed by atoms with van der Waals surface area (Å²) >= 11 is 7.38. The molecule has 39 heavy (non-hydrogen) atoms. The molecule has 3 amide bonds. The Morgan fingerprint density at radius 2 is 1.54 bits per heavy atom. The van der Waals surface area contributed by atoms with Crippen LogP contribution in [0.1, 0.15) is 21.5 Å². The number of halogens is 1. The van der Waals surface area contributed by atoms with Gasteiger partial charge in [0.25, 0.3) is 11.8 Å². The Bertz CT molecular complexity index is 1510. The van der Waals surface area contributed by atoms with E-state index in [0.717, 1.165) is 16.0 Å². The fourth-order valence-corrected chi connectivity index (χ4v) is 4.51. The lowest BCUT2D eigenvalue weighted by molar-refractivity contribution is -0.114. The van der Waals surface area contributed by atoms with Crippen molar-refractivity contribution in [1.29, 1.82) is 0 Å². The van der Waals surface area contributed by atoms with E-state index in [1.54, 1.807) is 60.7 Å². The summed E-state index contributed by atoms with van der Waals surface area (Å²) in [4.78, 5) is 39.3. The van der Waals surface area contributed by atoms with Crippen molar-refractivity contribution in [3.05, 3.63) is 131 Å². The van der Waals surface area contributed by atoms with Crippen molar-refractivity contribution < 1.29 is 14.4 Å². The first kappa shape index (κ1) is 27.7.